The summed E-state index contributed by atoms with van der Waals surface area (Å²) in [5, 5.41) is 0. The molecule has 2 nitrogen and oxygen atoms in total. The van der Waals surface area contributed by atoms with Gasteiger partial charge in [-0.15, -0.1) is 0 Å². The third-order valence-corrected chi connectivity index (χ3v) is 2.18. The van der Waals surface area contributed by atoms with Gasteiger partial charge in [-0.1, -0.05) is 0 Å². The first-order valence-electron chi connectivity index (χ1n) is 2.66. The molecule has 50 valence electrons. The molecule has 0 unspecified atom stereocenters. The van der Waals surface area contributed by atoms with Gasteiger partial charge in [0.1, 0.15) is 0 Å². The van der Waals surface area contributed by atoms with Crippen molar-refractivity contribution in [3.63, 3.8) is 0 Å². The van der Waals surface area contributed by atoms with E-state index in [1.165, 1.54) is 24.6 Å². The monoisotopic (exact) mass is 135 g/mol. The summed E-state index contributed by atoms with van der Waals surface area (Å²) in [6.07, 6.45) is 0. The molecule has 2 N–H and O–H groups in total. The highest BCUT2D eigenvalue weighted by atomic mass is 32.2. The number of hydrogen-bond acceptors (Lipinski definition) is 2. The molecule has 1 heterocycles. The molecule has 0 saturated carbocycles. The van der Waals surface area contributed by atoms with Gasteiger partial charge in [-0.05, 0) is 7.05 Å². The van der Waals surface area contributed by atoms with Crippen molar-refractivity contribution in [2.45, 2.75) is 0 Å². The Hall–Kier alpha value is 0.270. The van der Waals surface area contributed by atoms with Gasteiger partial charge in [0.15, 0.2) is 0 Å². The van der Waals surface area contributed by atoms with Gasteiger partial charge in [-0.3, -0.25) is 0 Å². The van der Waals surface area contributed by atoms with E-state index in [9.17, 15) is 0 Å². The van der Waals surface area contributed by atoms with E-state index in [4.69, 9.17) is 0 Å². The summed E-state index contributed by atoms with van der Waals surface area (Å²) >= 11 is 2.06. The molecule has 1 saturated heterocycles. The summed E-state index contributed by atoms with van der Waals surface area (Å²) in [5.74, 6) is 2.66. The van der Waals surface area contributed by atoms with Crippen molar-refractivity contribution in [3.05, 3.63) is 0 Å². The minimum absolute atomic E-state index is 0. The molecule has 0 aromatic heterocycles. The van der Waals surface area contributed by atoms with Gasteiger partial charge < -0.3 is 10.4 Å². The quantitative estimate of drug-likeness (QED) is 0.462. The second kappa shape index (κ2) is 4.18. The van der Waals surface area contributed by atoms with Crippen LogP contribution in [-0.4, -0.2) is 42.0 Å². The number of rotatable bonds is 0. The van der Waals surface area contributed by atoms with Crippen LogP contribution in [-0.2, 0) is 0 Å². The summed E-state index contributed by atoms with van der Waals surface area (Å²) in [4.78, 5) is 2.37. The Morgan fingerprint density at radius 3 is 2.00 bits per heavy atom. The summed E-state index contributed by atoms with van der Waals surface area (Å²) in [7, 11) is 2.18. The minimum atomic E-state index is 0. The van der Waals surface area contributed by atoms with E-state index >= 15 is 0 Å². The molecular weight excluding hydrogens is 122 g/mol. The zero-order valence-electron chi connectivity index (χ0n) is 5.18. The first-order valence-corrected chi connectivity index (χ1v) is 3.81. The fourth-order valence-electron chi connectivity index (χ4n) is 0.655. The van der Waals surface area contributed by atoms with E-state index in [2.05, 4.69) is 23.7 Å². The highest BCUT2D eigenvalue weighted by Gasteiger charge is 2.02. The average molecular weight is 135 g/mol. The Bertz CT molecular complexity index is 54.4. The lowest BCUT2D eigenvalue weighted by Gasteiger charge is -2.20. The maximum absolute atomic E-state index is 2.37. The Kier molecular flexibility index (Phi) is 4.32. The normalized spacial score (nSPS) is 22.1. The second-order valence-electron chi connectivity index (χ2n) is 1.92. The van der Waals surface area contributed by atoms with Crippen molar-refractivity contribution >= 4 is 11.8 Å². The van der Waals surface area contributed by atoms with E-state index in [0.29, 0.717) is 0 Å². The van der Waals surface area contributed by atoms with Crippen molar-refractivity contribution < 1.29 is 5.48 Å². The van der Waals surface area contributed by atoms with Crippen LogP contribution in [0.4, 0.5) is 0 Å². The van der Waals surface area contributed by atoms with Gasteiger partial charge in [-0.2, -0.15) is 11.8 Å². The maximum atomic E-state index is 2.37. The molecule has 0 aliphatic carbocycles. The fourth-order valence-corrected chi connectivity index (χ4v) is 1.74. The smallest absolute Gasteiger partial charge is 0.00696 e. The van der Waals surface area contributed by atoms with Crippen LogP contribution >= 0.6 is 11.8 Å². The SMILES string of the molecule is CN1CCSCC1.O. The lowest BCUT2D eigenvalue weighted by molar-refractivity contribution is 0.372. The molecule has 8 heavy (non-hydrogen) atoms. The average Bonchev–Trinajstić information content (AvgIpc) is 1.69. The van der Waals surface area contributed by atoms with Crippen LogP contribution < -0.4 is 0 Å². The first-order chi connectivity index (χ1) is 3.39. The lowest BCUT2D eigenvalue weighted by atomic mass is 10.6. The molecule has 1 aliphatic rings. The van der Waals surface area contributed by atoms with Crippen LogP contribution in [0.5, 0.6) is 0 Å². The number of hydrogen-bond donors (Lipinski definition) is 0. The van der Waals surface area contributed by atoms with Crippen molar-refractivity contribution in [3.8, 4) is 0 Å². The second-order valence-corrected chi connectivity index (χ2v) is 3.14. The molecular formula is C5H13NOS. The van der Waals surface area contributed by atoms with E-state index in [1.807, 2.05) is 0 Å². The van der Waals surface area contributed by atoms with Crippen molar-refractivity contribution in [1.82, 2.24) is 4.90 Å². The molecule has 0 amide bonds. The van der Waals surface area contributed by atoms with E-state index in [-0.39, 0.29) is 5.48 Å². The van der Waals surface area contributed by atoms with Crippen molar-refractivity contribution in [1.29, 1.82) is 0 Å². The van der Waals surface area contributed by atoms with Crippen LogP contribution in [0.25, 0.3) is 0 Å². The van der Waals surface area contributed by atoms with E-state index in [0.717, 1.165) is 0 Å². The Morgan fingerprint density at radius 1 is 1.25 bits per heavy atom. The van der Waals surface area contributed by atoms with Gasteiger partial charge in [0, 0.05) is 24.6 Å². The van der Waals surface area contributed by atoms with Crippen LogP contribution in [0, 0.1) is 0 Å². The molecule has 0 aromatic carbocycles. The molecule has 0 radical (unpaired) electrons. The molecule has 3 heteroatoms. The third-order valence-electron chi connectivity index (χ3n) is 1.23. The van der Waals surface area contributed by atoms with Crippen LogP contribution in [0.2, 0.25) is 0 Å². The zero-order chi connectivity index (χ0) is 5.11. The zero-order valence-corrected chi connectivity index (χ0v) is 6.00. The number of thioether (sulfide) groups is 1. The minimum Gasteiger partial charge on any atom is -0.412 e. The molecule has 1 fully saturated rings. The summed E-state index contributed by atoms with van der Waals surface area (Å²) in [6, 6.07) is 0. The Morgan fingerprint density at radius 2 is 1.75 bits per heavy atom. The summed E-state index contributed by atoms with van der Waals surface area (Å²) in [5.41, 5.74) is 0. The van der Waals surface area contributed by atoms with Gasteiger partial charge in [0.05, 0.1) is 0 Å². The Balaban J connectivity index is 0.000000490. The highest BCUT2D eigenvalue weighted by molar-refractivity contribution is 7.99. The lowest BCUT2D eigenvalue weighted by Crippen LogP contribution is -2.28. The standard InChI is InChI=1S/C5H11NS.H2O/c1-6-2-4-7-5-3-6;/h2-5H2,1H3;1H2. The largest absolute Gasteiger partial charge is 0.412 e. The fraction of sp³-hybridized carbons (Fsp3) is 1.00. The molecule has 1 aliphatic heterocycles. The van der Waals surface area contributed by atoms with Gasteiger partial charge >= 0.3 is 0 Å². The molecule has 0 bridgehead atoms. The van der Waals surface area contributed by atoms with Crippen LogP contribution in [0.15, 0.2) is 0 Å². The van der Waals surface area contributed by atoms with E-state index < -0.39 is 0 Å². The molecule has 0 spiro atoms. The van der Waals surface area contributed by atoms with E-state index in [1.54, 1.807) is 0 Å². The first kappa shape index (κ1) is 8.27. The van der Waals surface area contributed by atoms with Gasteiger partial charge in [0.25, 0.3) is 0 Å². The third kappa shape index (κ3) is 2.55. The number of nitrogens with zero attached hydrogens (tertiary/aromatic N) is 1. The predicted molar refractivity (Wildman–Crippen MR) is 38.4 cm³/mol. The topological polar surface area (TPSA) is 34.7 Å². The van der Waals surface area contributed by atoms with Gasteiger partial charge in [0.2, 0.25) is 0 Å². The highest BCUT2D eigenvalue weighted by Crippen LogP contribution is 2.05. The van der Waals surface area contributed by atoms with Crippen molar-refractivity contribution in [2.75, 3.05) is 31.6 Å². The Labute approximate surface area is 54.6 Å². The molecule has 0 atom stereocenters. The maximum Gasteiger partial charge on any atom is 0.00696 e. The molecule has 0 aromatic rings. The van der Waals surface area contributed by atoms with Crippen LogP contribution in [0.3, 0.4) is 0 Å². The molecule has 1 rings (SSSR count). The van der Waals surface area contributed by atoms with Gasteiger partial charge in [-0.25, -0.2) is 0 Å². The summed E-state index contributed by atoms with van der Waals surface area (Å²) in [6.45, 7) is 2.56. The van der Waals surface area contributed by atoms with Crippen molar-refractivity contribution in [2.24, 2.45) is 0 Å². The predicted octanol–water partition coefficient (Wildman–Crippen LogP) is -0.160. The van der Waals surface area contributed by atoms with Crippen LogP contribution in [0.1, 0.15) is 0 Å². The summed E-state index contributed by atoms with van der Waals surface area (Å²) < 4.78 is 0.